The second-order valence-electron chi connectivity index (χ2n) is 16.9. The monoisotopic (exact) mass is 828 g/mol. The van der Waals surface area contributed by atoms with E-state index in [1.165, 1.54) is 42.4 Å². The molecule has 0 unspecified atom stereocenters. The van der Waals surface area contributed by atoms with Gasteiger partial charge in [0.1, 0.15) is 11.2 Å². The molecule has 0 bridgehead atoms. The number of aryl methyl sites for hydroxylation is 2. The molecule has 310 valence electrons. The van der Waals surface area contributed by atoms with Crippen LogP contribution in [-0.2, 0) is 12.8 Å². The lowest BCUT2D eigenvalue weighted by Crippen LogP contribution is -2.06. The minimum atomic E-state index is 0.562. The van der Waals surface area contributed by atoms with Gasteiger partial charge in [0.2, 0.25) is 5.95 Å². The van der Waals surface area contributed by atoms with Gasteiger partial charge in [0, 0.05) is 32.7 Å². The van der Waals surface area contributed by atoms with Crippen LogP contribution < -0.4 is 0 Å². The van der Waals surface area contributed by atoms with E-state index in [2.05, 4.69) is 194 Å². The molecule has 0 spiro atoms. The fourth-order valence-corrected chi connectivity index (χ4v) is 9.15. The maximum absolute atomic E-state index is 6.53. The Bertz CT molecular complexity index is 3450. The smallest absolute Gasteiger partial charge is 0.238 e. The Hall–Kier alpha value is -7.63. The summed E-state index contributed by atoms with van der Waals surface area (Å²) in [5, 5.41) is 4.55. The van der Waals surface area contributed by atoms with Crippen LogP contribution in [0.15, 0.2) is 186 Å². The SMILES string of the molecule is CCCCc1ccc(-c2ccc(-c3nc(-c4cccc(-c5ccccc5)c4)nc(-n4c5ccccc5c5ccc(-c6ccc7c(c6)oc6cc(CCCC)ccc67)cc54)n3)cc2)cc1. The normalized spacial score (nSPS) is 11.7. The molecule has 0 saturated carbocycles. The summed E-state index contributed by atoms with van der Waals surface area (Å²) in [5.41, 5.74) is 15.2. The first kappa shape index (κ1) is 39.2. The number of benzene rings is 8. The van der Waals surface area contributed by atoms with Crippen LogP contribution in [0.3, 0.4) is 0 Å². The molecule has 0 saturated heterocycles. The van der Waals surface area contributed by atoms with Crippen LogP contribution >= 0.6 is 0 Å². The van der Waals surface area contributed by atoms with Crippen LogP contribution in [0, 0.1) is 0 Å². The Kier molecular flexibility index (Phi) is 10.4. The van der Waals surface area contributed by atoms with Crippen LogP contribution in [-0.4, -0.2) is 19.5 Å². The van der Waals surface area contributed by atoms with E-state index < -0.39 is 0 Å². The predicted octanol–water partition coefficient (Wildman–Crippen LogP) is 15.9. The number of rotatable bonds is 12. The van der Waals surface area contributed by atoms with Gasteiger partial charge in [0.25, 0.3) is 0 Å². The highest BCUT2D eigenvalue weighted by atomic mass is 16.3. The van der Waals surface area contributed by atoms with Crippen molar-refractivity contribution in [3.8, 4) is 62.1 Å². The maximum Gasteiger partial charge on any atom is 0.238 e. The van der Waals surface area contributed by atoms with Crippen molar-refractivity contribution in [1.82, 2.24) is 19.5 Å². The Balaban J connectivity index is 1.05. The third-order valence-corrected chi connectivity index (χ3v) is 12.7. The third-order valence-electron chi connectivity index (χ3n) is 12.7. The van der Waals surface area contributed by atoms with Crippen molar-refractivity contribution in [3.63, 3.8) is 0 Å². The Morgan fingerprint density at radius 3 is 1.66 bits per heavy atom. The Labute approximate surface area is 373 Å². The molecule has 0 atom stereocenters. The van der Waals surface area contributed by atoms with E-state index >= 15 is 0 Å². The largest absolute Gasteiger partial charge is 0.456 e. The number of aromatic nitrogens is 4. The highest BCUT2D eigenvalue weighted by Crippen LogP contribution is 2.38. The highest BCUT2D eigenvalue weighted by Gasteiger charge is 2.19. The van der Waals surface area contributed by atoms with Crippen LogP contribution in [0.1, 0.15) is 50.7 Å². The average molecular weight is 829 g/mol. The molecule has 0 amide bonds. The predicted molar refractivity (Wildman–Crippen MR) is 266 cm³/mol. The van der Waals surface area contributed by atoms with Crippen molar-refractivity contribution >= 4 is 43.7 Å². The zero-order valence-corrected chi connectivity index (χ0v) is 36.3. The van der Waals surface area contributed by atoms with E-state index in [9.17, 15) is 0 Å². The van der Waals surface area contributed by atoms with Gasteiger partial charge in [0.05, 0.1) is 11.0 Å². The molecule has 0 aliphatic rings. The molecule has 0 aliphatic heterocycles. The molecule has 3 aromatic heterocycles. The van der Waals surface area contributed by atoms with Crippen LogP contribution in [0.5, 0.6) is 0 Å². The first-order chi connectivity index (χ1) is 31.6. The molecule has 5 heteroatoms. The van der Waals surface area contributed by atoms with E-state index in [1.807, 2.05) is 6.07 Å². The Morgan fingerprint density at radius 2 is 0.891 bits per heavy atom. The number of nitrogens with zero attached hydrogens (tertiary/aromatic N) is 4. The first-order valence-corrected chi connectivity index (χ1v) is 22.7. The zero-order chi connectivity index (χ0) is 43.0. The number of hydrogen-bond acceptors (Lipinski definition) is 4. The van der Waals surface area contributed by atoms with Gasteiger partial charge in [-0.05, 0) is 107 Å². The lowest BCUT2D eigenvalue weighted by Gasteiger charge is -2.12. The lowest BCUT2D eigenvalue weighted by molar-refractivity contribution is 0.667. The molecule has 0 N–H and O–H groups in total. The highest BCUT2D eigenvalue weighted by molar-refractivity contribution is 6.10. The molecule has 8 aromatic carbocycles. The van der Waals surface area contributed by atoms with Crippen molar-refractivity contribution in [2.75, 3.05) is 0 Å². The summed E-state index contributed by atoms with van der Waals surface area (Å²) in [6.07, 6.45) is 6.92. The van der Waals surface area contributed by atoms with E-state index in [1.54, 1.807) is 0 Å². The summed E-state index contributed by atoms with van der Waals surface area (Å²) in [7, 11) is 0. The number of furan rings is 1. The zero-order valence-electron chi connectivity index (χ0n) is 36.3. The van der Waals surface area contributed by atoms with Gasteiger partial charge >= 0.3 is 0 Å². The van der Waals surface area contributed by atoms with Gasteiger partial charge in [-0.3, -0.25) is 4.57 Å². The molecule has 64 heavy (non-hydrogen) atoms. The lowest BCUT2D eigenvalue weighted by atomic mass is 10.0. The summed E-state index contributed by atoms with van der Waals surface area (Å²) in [6, 6.07) is 65.0. The molecule has 5 nitrogen and oxygen atoms in total. The second-order valence-corrected chi connectivity index (χ2v) is 16.9. The molecular weight excluding hydrogens is 781 g/mol. The van der Waals surface area contributed by atoms with Gasteiger partial charge in [-0.25, -0.2) is 4.98 Å². The minimum absolute atomic E-state index is 0.562. The quantitative estimate of drug-likeness (QED) is 0.123. The molecule has 3 heterocycles. The van der Waals surface area contributed by atoms with E-state index in [0.717, 1.165) is 95.5 Å². The third kappa shape index (κ3) is 7.43. The molecule has 0 radical (unpaired) electrons. The molecule has 0 aliphatic carbocycles. The standard InChI is InChI=1S/C59H48N4O/c1-3-5-13-39-21-24-42(25-22-39)43-26-28-44(29-27-43)57-60-58(48-18-12-17-45(36-48)41-15-8-7-9-16-41)62-59(61-57)63-53-20-11-10-19-49(53)50-33-30-46(37-54(50)63)47-31-34-52-51-32-23-40(14-6-4-2)35-55(51)64-56(52)38-47/h7-12,15-38H,3-6,13-14H2,1-2H3. The Morgan fingerprint density at radius 1 is 0.375 bits per heavy atom. The summed E-state index contributed by atoms with van der Waals surface area (Å²) < 4.78 is 8.73. The maximum atomic E-state index is 6.53. The topological polar surface area (TPSA) is 56.7 Å². The van der Waals surface area contributed by atoms with Gasteiger partial charge < -0.3 is 4.42 Å². The van der Waals surface area contributed by atoms with Crippen molar-refractivity contribution in [2.24, 2.45) is 0 Å². The number of unbranched alkanes of at least 4 members (excludes halogenated alkanes) is 2. The molecular formula is C59H48N4O. The van der Waals surface area contributed by atoms with Gasteiger partial charge in [0.15, 0.2) is 11.6 Å². The molecule has 11 aromatic rings. The van der Waals surface area contributed by atoms with Crippen LogP contribution in [0.25, 0.3) is 106 Å². The fourth-order valence-electron chi connectivity index (χ4n) is 9.15. The van der Waals surface area contributed by atoms with E-state index in [-0.39, 0.29) is 0 Å². The van der Waals surface area contributed by atoms with Gasteiger partial charge in [-0.15, -0.1) is 0 Å². The van der Waals surface area contributed by atoms with E-state index in [4.69, 9.17) is 19.4 Å². The van der Waals surface area contributed by atoms with Crippen LogP contribution in [0.4, 0.5) is 0 Å². The first-order valence-electron chi connectivity index (χ1n) is 22.7. The summed E-state index contributed by atoms with van der Waals surface area (Å²) in [6.45, 7) is 4.47. The summed E-state index contributed by atoms with van der Waals surface area (Å²) >= 11 is 0. The minimum Gasteiger partial charge on any atom is -0.456 e. The van der Waals surface area contributed by atoms with Gasteiger partial charge in [-0.2, -0.15) is 9.97 Å². The number of para-hydroxylation sites is 1. The van der Waals surface area contributed by atoms with E-state index in [0.29, 0.717) is 17.6 Å². The fraction of sp³-hybridized carbons (Fsp3) is 0.136. The molecule has 0 fully saturated rings. The summed E-state index contributed by atoms with van der Waals surface area (Å²) in [5.74, 6) is 1.79. The van der Waals surface area contributed by atoms with Crippen molar-refractivity contribution < 1.29 is 4.42 Å². The molecule has 11 rings (SSSR count). The summed E-state index contributed by atoms with van der Waals surface area (Å²) in [4.78, 5) is 15.8. The van der Waals surface area contributed by atoms with Crippen molar-refractivity contribution in [1.29, 1.82) is 0 Å². The number of fused-ring (bicyclic) bond motifs is 6. The van der Waals surface area contributed by atoms with Gasteiger partial charge in [-0.1, -0.05) is 172 Å². The van der Waals surface area contributed by atoms with Crippen molar-refractivity contribution in [3.05, 3.63) is 193 Å². The second kappa shape index (κ2) is 16.9. The average Bonchev–Trinajstić information content (AvgIpc) is 3.90. The number of hydrogen-bond donors (Lipinski definition) is 0. The van der Waals surface area contributed by atoms with Crippen molar-refractivity contribution in [2.45, 2.75) is 52.4 Å². The van der Waals surface area contributed by atoms with Crippen LogP contribution in [0.2, 0.25) is 0 Å².